The summed E-state index contributed by atoms with van der Waals surface area (Å²) in [6, 6.07) is 16.0. The summed E-state index contributed by atoms with van der Waals surface area (Å²) in [6.45, 7) is 2.61. The zero-order valence-electron chi connectivity index (χ0n) is 9.31. The number of nitrogen functional groups attached to an aromatic ring is 1. The van der Waals surface area contributed by atoms with E-state index in [4.69, 9.17) is 10.5 Å². The van der Waals surface area contributed by atoms with Crippen LogP contribution in [0.15, 0.2) is 48.5 Å². The zero-order chi connectivity index (χ0) is 11.4. The monoisotopic (exact) mass is 213 g/mol. The molecule has 0 saturated heterocycles. The Morgan fingerprint density at radius 1 is 1.00 bits per heavy atom. The predicted octanol–water partition coefficient (Wildman–Crippen LogP) is 3.33. The molecule has 0 heterocycles. The molecule has 0 amide bonds. The van der Waals surface area contributed by atoms with Gasteiger partial charge in [-0.05, 0) is 30.2 Å². The first-order valence-electron chi connectivity index (χ1n) is 5.38. The minimum atomic E-state index is 0.650. The highest BCUT2D eigenvalue weighted by Gasteiger charge is 2.01. The number of ether oxygens (including phenoxy) is 1. The molecule has 0 aliphatic rings. The first-order valence-corrected chi connectivity index (χ1v) is 5.38. The molecule has 82 valence electrons. The van der Waals surface area contributed by atoms with Crippen molar-refractivity contribution >= 4 is 5.69 Å². The highest BCUT2D eigenvalue weighted by Crippen LogP contribution is 2.27. The molecule has 0 saturated carbocycles. The molecule has 0 aliphatic heterocycles. The van der Waals surface area contributed by atoms with Gasteiger partial charge < -0.3 is 10.5 Å². The first-order chi connectivity index (χ1) is 7.79. The van der Waals surface area contributed by atoms with Gasteiger partial charge in [0.1, 0.15) is 5.75 Å². The van der Waals surface area contributed by atoms with Crippen LogP contribution in [0.1, 0.15) is 6.92 Å². The Morgan fingerprint density at radius 2 is 1.75 bits per heavy atom. The molecule has 16 heavy (non-hydrogen) atoms. The quantitative estimate of drug-likeness (QED) is 0.794. The van der Waals surface area contributed by atoms with Gasteiger partial charge >= 0.3 is 0 Å². The van der Waals surface area contributed by atoms with Gasteiger partial charge in [0.05, 0.1) is 6.61 Å². The van der Waals surface area contributed by atoms with Gasteiger partial charge in [-0.2, -0.15) is 0 Å². The van der Waals surface area contributed by atoms with E-state index in [9.17, 15) is 0 Å². The Labute approximate surface area is 95.7 Å². The molecule has 0 bridgehead atoms. The second kappa shape index (κ2) is 4.71. The summed E-state index contributed by atoms with van der Waals surface area (Å²) in [5.74, 6) is 0.821. The predicted molar refractivity (Wildman–Crippen MR) is 67.5 cm³/mol. The van der Waals surface area contributed by atoms with Gasteiger partial charge in [0.2, 0.25) is 0 Å². The van der Waals surface area contributed by atoms with Gasteiger partial charge in [-0.3, -0.25) is 0 Å². The molecule has 2 rings (SSSR count). The van der Waals surface area contributed by atoms with Gasteiger partial charge in [-0.15, -0.1) is 0 Å². The highest BCUT2D eigenvalue weighted by molar-refractivity contribution is 5.69. The minimum absolute atomic E-state index is 0.650. The van der Waals surface area contributed by atoms with E-state index in [1.807, 2.05) is 43.3 Å². The average molecular weight is 213 g/mol. The van der Waals surface area contributed by atoms with E-state index in [1.54, 1.807) is 0 Å². The topological polar surface area (TPSA) is 35.2 Å². The van der Waals surface area contributed by atoms with E-state index in [0.29, 0.717) is 6.61 Å². The summed E-state index contributed by atoms with van der Waals surface area (Å²) in [5.41, 5.74) is 8.81. The molecule has 2 aromatic carbocycles. The van der Waals surface area contributed by atoms with Crippen molar-refractivity contribution in [1.29, 1.82) is 0 Å². The SMILES string of the molecule is CCOc1cc(N)cc(-c2ccccc2)c1. The molecule has 0 aromatic heterocycles. The molecule has 2 heteroatoms. The van der Waals surface area contributed by atoms with Gasteiger partial charge in [0.25, 0.3) is 0 Å². The van der Waals surface area contributed by atoms with Crippen LogP contribution < -0.4 is 10.5 Å². The fourth-order valence-corrected chi connectivity index (χ4v) is 1.67. The third-order valence-corrected chi connectivity index (χ3v) is 2.35. The minimum Gasteiger partial charge on any atom is -0.494 e. The molecule has 0 unspecified atom stereocenters. The molecule has 0 spiro atoms. The molecule has 0 atom stereocenters. The molecule has 0 aliphatic carbocycles. The Morgan fingerprint density at radius 3 is 2.44 bits per heavy atom. The normalized spacial score (nSPS) is 10.1. The second-order valence-electron chi connectivity index (χ2n) is 3.59. The van der Waals surface area contributed by atoms with Crippen LogP contribution in [0.3, 0.4) is 0 Å². The molecule has 0 radical (unpaired) electrons. The maximum atomic E-state index is 5.85. The van der Waals surface area contributed by atoms with Crippen molar-refractivity contribution in [2.45, 2.75) is 6.92 Å². The van der Waals surface area contributed by atoms with Gasteiger partial charge in [0, 0.05) is 11.8 Å². The van der Waals surface area contributed by atoms with Crippen LogP contribution >= 0.6 is 0 Å². The molecular formula is C14H15NO. The second-order valence-corrected chi connectivity index (χ2v) is 3.59. The van der Waals surface area contributed by atoms with Crippen LogP contribution in [-0.4, -0.2) is 6.61 Å². The van der Waals surface area contributed by atoms with E-state index in [1.165, 1.54) is 0 Å². The number of anilines is 1. The van der Waals surface area contributed by atoms with Crippen LogP contribution in [-0.2, 0) is 0 Å². The van der Waals surface area contributed by atoms with E-state index >= 15 is 0 Å². The molecule has 2 nitrogen and oxygen atoms in total. The lowest BCUT2D eigenvalue weighted by Crippen LogP contribution is -1.94. The van der Waals surface area contributed by atoms with Crippen molar-refractivity contribution < 1.29 is 4.74 Å². The molecule has 2 N–H and O–H groups in total. The van der Waals surface area contributed by atoms with Crippen molar-refractivity contribution in [2.24, 2.45) is 0 Å². The number of hydrogen-bond donors (Lipinski definition) is 1. The smallest absolute Gasteiger partial charge is 0.121 e. The van der Waals surface area contributed by atoms with Crippen molar-refractivity contribution in [3.05, 3.63) is 48.5 Å². The summed E-state index contributed by atoms with van der Waals surface area (Å²) in [5, 5.41) is 0. The first kappa shape index (κ1) is 10.6. The van der Waals surface area contributed by atoms with Crippen molar-refractivity contribution in [2.75, 3.05) is 12.3 Å². The molecule has 2 aromatic rings. The number of benzene rings is 2. The largest absolute Gasteiger partial charge is 0.494 e. The van der Waals surface area contributed by atoms with E-state index in [-0.39, 0.29) is 0 Å². The van der Waals surface area contributed by atoms with Crippen molar-refractivity contribution in [3.63, 3.8) is 0 Å². The van der Waals surface area contributed by atoms with Crippen LogP contribution in [0.2, 0.25) is 0 Å². The summed E-state index contributed by atoms with van der Waals surface area (Å²) >= 11 is 0. The lowest BCUT2D eigenvalue weighted by atomic mass is 10.0. The van der Waals surface area contributed by atoms with E-state index < -0.39 is 0 Å². The zero-order valence-corrected chi connectivity index (χ0v) is 9.31. The lowest BCUT2D eigenvalue weighted by Gasteiger charge is -2.08. The third kappa shape index (κ3) is 2.34. The Kier molecular flexibility index (Phi) is 3.10. The van der Waals surface area contributed by atoms with Crippen LogP contribution in [0.4, 0.5) is 5.69 Å². The number of rotatable bonds is 3. The van der Waals surface area contributed by atoms with E-state index in [2.05, 4.69) is 12.1 Å². The van der Waals surface area contributed by atoms with Gasteiger partial charge in [-0.25, -0.2) is 0 Å². The Balaban J connectivity index is 2.41. The maximum absolute atomic E-state index is 5.85. The van der Waals surface area contributed by atoms with Crippen molar-refractivity contribution in [3.8, 4) is 16.9 Å². The average Bonchev–Trinajstić information content (AvgIpc) is 2.30. The number of nitrogens with two attached hydrogens (primary N) is 1. The Hall–Kier alpha value is -1.96. The third-order valence-electron chi connectivity index (χ3n) is 2.35. The fraction of sp³-hybridized carbons (Fsp3) is 0.143. The summed E-state index contributed by atoms with van der Waals surface area (Å²) in [4.78, 5) is 0. The fourth-order valence-electron chi connectivity index (χ4n) is 1.67. The summed E-state index contributed by atoms with van der Waals surface area (Å²) in [7, 11) is 0. The van der Waals surface area contributed by atoms with Gasteiger partial charge in [0.15, 0.2) is 0 Å². The lowest BCUT2D eigenvalue weighted by molar-refractivity contribution is 0.340. The highest BCUT2D eigenvalue weighted by atomic mass is 16.5. The Bertz CT molecular complexity index is 465. The summed E-state index contributed by atoms with van der Waals surface area (Å²) < 4.78 is 5.47. The van der Waals surface area contributed by atoms with Crippen LogP contribution in [0, 0.1) is 0 Å². The summed E-state index contributed by atoms with van der Waals surface area (Å²) in [6.07, 6.45) is 0. The number of hydrogen-bond acceptors (Lipinski definition) is 2. The molecular weight excluding hydrogens is 198 g/mol. The van der Waals surface area contributed by atoms with Crippen molar-refractivity contribution in [1.82, 2.24) is 0 Å². The maximum Gasteiger partial charge on any atom is 0.121 e. The molecule has 0 fully saturated rings. The van der Waals surface area contributed by atoms with E-state index in [0.717, 1.165) is 22.6 Å². The van der Waals surface area contributed by atoms with Gasteiger partial charge in [-0.1, -0.05) is 30.3 Å². The van der Waals surface area contributed by atoms with Crippen LogP contribution in [0.5, 0.6) is 5.75 Å². The standard InChI is InChI=1S/C14H15NO/c1-2-16-14-9-12(8-13(15)10-14)11-6-4-3-5-7-11/h3-10H,2,15H2,1H3. The van der Waals surface area contributed by atoms with Crippen LogP contribution in [0.25, 0.3) is 11.1 Å².